The van der Waals surface area contributed by atoms with Gasteiger partial charge >= 0.3 is 0 Å². The van der Waals surface area contributed by atoms with Gasteiger partial charge in [0.2, 0.25) is 11.8 Å². The van der Waals surface area contributed by atoms with Crippen molar-refractivity contribution in [2.24, 2.45) is 10.9 Å². The van der Waals surface area contributed by atoms with Crippen LogP contribution in [0.25, 0.3) is 0 Å². The Balaban J connectivity index is 1.51. The van der Waals surface area contributed by atoms with Gasteiger partial charge in [-0.1, -0.05) is 25.3 Å². The number of hydrogen-bond acceptors (Lipinski definition) is 4. The second kappa shape index (κ2) is 11.2. The highest BCUT2D eigenvalue weighted by Crippen LogP contribution is 2.26. The van der Waals surface area contributed by atoms with Crippen LogP contribution in [0, 0.1) is 5.92 Å². The fraction of sp³-hybridized carbons (Fsp3) is 0.696. The van der Waals surface area contributed by atoms with Gasteiger partial charge in [0.15, 0.2) is 5.96 Å². The Hall–Kier alpha value is -2.31. The molecule has 1 aliphatic carbocycles. The number of carbonyl (C=O) groups is 1. The first-order valence-corrected chi connectivity index (χ1v) is 11.5. The predicted octanol–water partition coefficient (Wildman–Crippen LogP) is 3.11. The third-order valence-electron chi connectivity index (χ3n) is 5.71. The van der Waals surface area contributed by atoms with Gasteiger partial charge in [-0.3, -0.25) is 4.79 Å². The van der Waals surface area contributed by atoms with Crippen LogP contribution in [0.15, 0.2) is 23.3 Å². The molecule has 1 unspecified atom stereocenters. The van der Waals surface area contributed by atoms with Crippen LogP contribution < -0.4 is 15.4 Å². The largest absolute Gasteiger partial charge is 0.475 e. The summed E-state index contributed by atoms with van der Waals surface area (Å²) in [6.07, 6.45) is 8.68. The Morgan fingerprint density at radius 1 is 1.27 bits per heavy atom. The van der Waals surface area contributed by atoms with Crippen molar-refractivity contribution in [1.29, 1.82) is 0 Å². The predicted molar refractivity (Wildman–Crippen MR) is 120 cm³/mol. The zero-order valence-electron chi connectivity index (χ0n) is 18.7. The van der Waals surface area contributed by atoms with Gasteiger partial charge in [0.25, 0.3) is 0 Å². The van der Waals surface area contributed by atoms with Crippen molar-refractivity contribution in [1.82, 2.24) is 20.5 Å². The summed E-state index contributed by atoms with van der Waals surface area (Å²) in [5.41, 5.74) is 1.03. The molecule has 2 heterocycles. The molecule has 0 aromatic carbocycles. The van der Waals surface area contributed by atoms with Crippen molar-refractivity contribution >= 4 is 11.9 Å². The monoisotopic (exact) mass is 415 g/mol. The number of likely N-dealkylation sites (tertiary alicyclic amines) is 1. The molecule has 1 aromatic rings. The molecule has 0 spiro atoms. The fourth-order valence-electron chi connectivity index (χ4n) is 4.19. The maximum absolute atomic E-state index is 12.8. The second-order valence-corrected chi connectivity index (χ2v) is 8.62. The minimum absolute atomic E-state index is 0.113. The number of ether oxygens (including phenoxy) is 1. The van der Waals surface area contributed by atoms with Crippen LogP contribution in [0.4, 0.5) is 0 Å². The summed E-state index contributed by atoms with van der Waals surface area (Å²) >= 11 is 0. The highest BCUT2D eigenvalue weighted by atomic mass is 16.5. The summed E-state index contributed by atoms with van der Waals surface area (Å²) < 4.78 is 5.59. The Morgan fingerprint density at radius 3 is 2.73 bits per heavy atom. The smallest absolute Gasteiger partial charge is 0.225 e. The minimum atomic E-state index is 0.113. The number of nitrogens with one attached hydrogen (secondary N) is 2. The number of hydrogen-bond donors (Lipinski definition) is 2. The summed E-state index contributed by atoms with van der Waals surface area (Å²) in [5.74, 6) is 2.03. The van der Waals surface area contributed by atoms with E-state index in [0.29, 0.717) is 18.3 Å². The van der Waals surface area contributed by atoms with E-state index < -0.39 is 0 Å². The van der Waals surface area contributed by atoms with Gasteiger partial charge in [-0.2, -0.15) is 0 Å². The lowest BCUT2D eigenvalue weighted by molar-refractivity contribution is -0.135. The average molecular weight is 416 g/mol. The van der Waals surface area contributed by atoms with Gasteiger partial charge < -0.3 is 20.3 Å². The Labute approximate surface area is 180 Å². The van der Waals surface area contributed by atoms with Gasteiger partial charge in [-0.05, 0) is 45.6 Å². The molecule has 1 aliphatic heterocycles. The summed E-state index contributed by atoms with van der Waals surface area (Å²) in [7, 11) is 0. The molecule has 1 atom stereocenters. The van der Waals surface area contributed by atoms with E-state index in [1.165, 1.54) is 19.3 Å². The van der Waals surface area contributed by atoms with Crippen molar-refractivity contribution in [2.75, 3.05) is 19.6 Å². The zero-order chi connectivity index (χ0) is 21.3. The molecule has 7 nitrogen and oxygen atoms in total. The van der Waals surface area contributed by atoms with Crippen molar-refractivity contribution < 1.29 is 9.53 Å². The normalized spacial score (nSPS) is 20.5. The Kier molecular flexibility index (Phi) is 8.34. The molecule has 2 fully saturated rings. The third-order valence-corrected chi connectivity index (χ3v) is 5.71. The van der Waals surface area contributed by atoms with Crippen molar-refractivity contribution in [3.63, 3.8) is 0 Å². The number of aliphatic imine (C=N–C) groups is 1. The third kappa shape index (κ3) is 6.61. The number of nitrogens with zero attached hydrogens (tertiary/aromatic N) is 3. The number of guanidine groups is 1. The highest BCUT2D eigenvalue weighted by Gasteiger charge is 2.31. The van der Waals surface area contributed by atoms with Crippen LogP contribution in [-0.2, 0) is 11.3 Å². The van der Waals surface area contributed by atoms with Crippen LogP contribution in [0.2, 0.25) is 0 Å². The minimum Gasteiger partial charge on any atom is -0.475 e. The van der Waals surface area contributed by atoms with Crippen molar-refractivity contribution in [2.45, 2.75) is 78.0 Å². The first-order valence-electron chi connectivity index (χ1n) is 11.5. The molecule has 30 heavy (non-hydrogen) atoms. The molecule has 1 amide bonds. The number of pyridine rings is 1. The molecular weight excluding hydrogens is 378 g/mol. The van der Waals surface area contributed by atoms with E-state index in [1.54, 1.807) is 0 Å². The van der Waals surface area contributed by atoms with Crippen molar-refractivity contribution in [3.8, 4) is 5.88 Å². The molecule has 7 heteroatoms. The summed E-state index contributed by atoms with van der Waals surface area (Å²) in [6, 6.07) is 4.13. The zero-order valence-corrected chi connectivity index (χ0v) is 18.7. The highest BCUT2D eigenvalue weighted by molar-refractivity contribution is 5.81. The first kappa shape index (κ1) is 22.4. The average Bonchev–Trinajstić information content (AvgIpc) is 3.21. The van der Waals surface area contributed by atoms with Crippen LogP contribution in [0.1, 0.15) is 64.9 Å². The van der Waals surface area contributed by atoms with Crippen LogP contribution >= 0.6 is 0 Å². The Bertz CT molecular complexity index is 698. The van der Waals surface area contributed by atoms with Gasteiger partial charge in [-0.25, -0.2) is 9.98 Å². The summed E-state index contributed by atoms with van der Waals surface area (Å²) in [6.45, 7) is 8.98. The first-order chi connectivity index (χ1) is 14.5. The van der Waals surface area contributed by atoms with Crippen LogP contribution in [0.5, 0.6) is 5.88 Å². The van der Waals surface area contributed by atoms with Crippen LogP contribution in [0.3, 0.4) is 0 Å². The van der Waals surface area contributed by atoms with E-state index in [2.05, 4.69) is 27.4 Å². The number of aromatic nitrogens is 1. The van der Waals surface area contributed by atoms with E-state index >= 15 is 0 Å². The number of amides is 1. The molecule has 1 saturated heterocycles. The molecule has 1 aromatic heterocycles. The number of carbonyl (C=O) groups excluding carboxylic acids is 1. The lowest BCUT2D eigenvalue weighted by atomic mass is 9.88. The summed E-state index contributed by atoms with van der Waals surface area (Å²) in [5, 5.41) is 6.83. The van der Waals surface area contributed by atoms with Crippen molar-refractivity contribution in [3.05, 3.63) is 23.9 Å². The quantitative estimate of drug-likeness (QED) is 0.528. The maximum atomic E-state index is 12.8. The SMILES string of the molecule is CCNC(=NCc1ccc(OC(C)C)nc1)NC1CCN(C(=O)C2CCCCC2)C1. The van der Waals surface area contributed by atoms with Gasteiger partial charge in [0.1, 0.15) is 0 Å². The summed E-state index contributed by atoms with van der Waals surface area (Å²) in [4.78, 5) is 23.9. The topological polar surface area (TPSA) is 78.9 Å². The molecule has 0 bridgehead atoms. The molecule has 0 radical (unpaired) electrons. The van der Waals surface area contributed by atoms with E-state index in [4.69, 9.17) is 9.73 Å². The van der Waals surface area contributed by atoms with E-state index in [1.807, 2.05) is 32.2 Å². The molecule has 1 saturated carbocycles. The van der Waals surface area contributed by atoms with E-state index in [9.17, 15) is 4.79 Å². The van der Waals surface area contributed by atoms with Gasteiger partial charge in [0, 0.05) is 43.9 Å². The molecule has 2 aliphatic rings. The fourth-order valence-corrected chi connectivity index (χ4v) is 4.19. The lowest BCUT2D eigenvalue weighted by Crippen LogP contribution is -2.45. The lowest BCUT2D eigenvalue weighted by Gasteiger charge is -2.26. The molecule has 2 N–H and O–H groups in total. The molecule has 166 valence electrons. The second-order valence-electron chi connectivity index (χ2n) is 8.62. The van der Waals surface area contributed by atoms with Gasteiger partial charge in [-0.15, -0.1) is 0 Å². The molecular formula is C23H37N5O2. The standard InChI is InChI=1S/C23H37N5O2/c1-4-24-23(26-15-18-10-11-21(25-14-18)30-17(2)3)27-20-12-13-28(16-20)22(29)19-8-6-5-7-9-19/h10-11,14,17,19-20H,4-9,12-13,15-16H2,1-3H3,(H2,24,26,27). The van der Waals surface area contributed by atoms with E-state index in [-0.39, 0.29) is 18.1 Å². The van der Waals surface area contributed by atoms with E-state index in [0.717, 1.165) is 50.4 Å². The van der Waals surface area contributed by atoms with Gasteiger partial charge in [0.05, 0.1) is 12.6 Å². The van der Waals surface area contributed by atoms with Crippen LogP contribution in [-0.4, -0.2) is 53.5 Å². The molecule has 3 rings (SSSR count). The Morgan fingerprint density at radius 2 is 2.07 bits per heavy atom. The number of rotatable bonds is 7. The maximum Gasteiger partial charge on any atom is 0.225 e.